The van der Waals surface area contributed by atoms with Gasteiger partial charge in [-0.25, -0.2) is 0 Å². The fourth-order valence-corrected chi connectivity index (χ4v) is 1.58. The van der Waals surface area contributed by atoms with Crippen LogP contribution in [0.25, 0.3) is 0 Å². The highest BCUT2D eigenvalue weighted by atomic mass is 16.6. The second-order valence-corrected chi connectivity index (χ2v) is 6.00. The molecule has 0 spiro atoms. The van der Waals surface area contributed by atoms with Crippen molar-refractivity contribution in [2.45, 2.75) is 84.5 Å². The van der Waals surface area contributed by atoms with Gasteiger partial charge in [0.25, 0.3) is 0 Å². The molecule has 0 fully saturated rings. The van der Waals surface area contributed by atoms with Gasteiger partial charge in [-0.05, 0) is 33.1 Å². The predicted octanol–water partition coefficient (Wildman–Crippen LogP) is 2.66. The van der Waals surface area contributed by atoms with E-state index >= 15 is 0 Å². The maximum atomic E-state index is 11.9. The Kier molecular flexibility index (Phi) is 7.01. The molecule has 0 heterocycles. The SMILES string of the molecule is CCC(C)C(=O)OC(CC(C)(O)CC)C(C)(O)CC. The van der Waals surface area contributed by atoms with E-state index in [2.05, 4.69) is 0 Å². The Hall–Kier alpha value is -0.610. The van der Waals surface area contributed by atoms with Gasteiger partial charge >= 0.3 is 5.97 Å². The van der Waals surface area contributed by atoms with Gasteiger partial charge in [-0.3, -0.25) is 4.79 Å². The van der Waals surface area contributed by atoms with Crippen molar-refractivity contribution in [1.29, 1.82) is 0 Å². The molecule has 0 aliphatic rings. The first-order valence-corrected chi connectivity index (χ1v) is 7.24. The van der Waals surface area contributed by atoms with E-state index in [4.69, 9.17) is 4.74 Å². The second kappa shape index (κ2) is 7.25. The molecule has 0 aliphatic heterocycles. The number of carbonyl (C=O) groups is 1. The van der Waals surface area contributed by atoms with Gasteiger partial charge < -0.3 is 14.9 Å². The van der Waals surface area contributed by atoms with E-state index < -0.39 is 17.3 Å². The lowest BCUT2D eigenvalue weighted by molar-refractivity contribution is -0.175. The summed E-state index contributed by atoms with van der Waals surface area (Å²) < 4.78 is 5.45. The summed E-state index contributed by atoms with van der Waals surface area (Å²) in [5.74, 6) is -0.505. The third-order valence-corrected chi connectivity index (χ3v) is 4.07. The number of esters is 1. The van der Waals surface area contributed by atoms with Crippen molar-refractivity contribution < 1.29 is 19.7 Å². The minimum atomic E-state index is -1.12. The average Bonchev–Trinajstić information content (AvgIpc) is 2.36. The highest BCUT2D eigenvalue weighted by Crippen LogP contribution is 2.28. The van der Waals surface area contributed by atoms with Gasteiger partial charge in [0.2, 0.25) is 0 Å². The Balaban J connectivity index is 4.94. The fourth-order valence-electron chi connectivity index (χ4n) is 1.58. The minimum absolute atomic E-state index is 0.193. The molecule has 0 amide bonds. The van der Waals surface area contributed by atoms with Gasteiger partial charge in [-0.1, -0.05) is 27.7 Å². The average molecular weight is 274 g/mol. The number of aliphatic hydroxyl groups is 2. The van der Waals surface area contributed by atoms with Crippen LogP contribution in [0.15, 0.2) is 0 Å². The van der Waals surface area contributed by atoms with E-state index in [9.17, 15) is 15.0 Å². The molecule has 0 radical (unpaired) electrons. The van der Waals surface area contributed by atoms with Gasteiger partial charge in [-0.2, -0.15) is 0 Å². The van der Waals surface area contributed by atoms with Gasteiger partial charge in [-0.15, -0.1) is 0 Å². The van der Waals surface area contributed by atoms with Crippen LogP contribution in [0.2, 0.25) is 0 Å². The summed E-state index contributed by atoms with van der Waals surface area (Å²) in [6, 6.07) is 0. The molecule has 2 N–H and O–H groups in total. The number of hydrogen-bond acceptors (Lipinski definition) is 4. The first-order chi connectivity index (χ1) is 8.59. The van der Waals surface area contributed by atoms with Crippen molar-refractivity contribution in [3.63, 3.8) is 0 Å². The maximum Gasteiger partial charge on any atom is 0.309 e. The molecule has 4 heteroatoms. The highest BCUT2D eigenvalue weighted by molar-refractivity contribution is 5.72. The molecule has 4 nitrogen and oxygen atoms in total. The zero-order chi connectivity index (χ0) is 15.3. The zero-order valence-electron chi connectivity index (χ0n) is 13.2. The monoisotopic (exact) mass is 274 g/mol. The molecule has 4 unspecified atom stereocenters. The van der Waals surface area contributed by atoms with E-state index in [-0.39, 0.29) is 18.3 Å². The van der Waals surface area contributed by atoms with Crippen LogP contribution in [0.5, 0.6) is 0 Å². The summed E-state index contributed by atoms with van der Waals surface area (Å²) in [7, 11) is 0. The van der Waals surface area contributed by atoms with E-state index in [0.29, 0.717) is 19.3 Å². The lowest BCUT2D eigenvalue weighted by Crippen LogP contribution is -2.47. The molecular weight excluding hydrogens is 244 g/mol. The molecule has 0 aromatic heterocycles. The molecule has 114 valence electrons. The van der Waals surface area contributed by atoms with Crippen LogP contribution in [-0.4, -0.2) is 33.5 Å². The smallest absolute Gasteiger partial charge is 0.309 e. The van der Waals surface area contributed by atoms with Gasteiger partial charge in [0.1, 0.15) is 6.10 Å². The summed E-state index contributed by atoms with van der Waals surface area (Å²) in [4.78, 5) is 11.9. The Morgan fingerprint density at radius 2 is 1.68 bits per heavy atom. The Morgan fingerprint density at radius 1 is 1.16 bits per heavy atom. The summed E-state index contributed by atoms with van der Waals surface area (Å²) in [6.07, 6.45) is 1.26. The van der Waals surface area contributed by atoms with Crippen LogP contribution in [0.4, 0.5) is 0 Å². The number of rotatable bonds is 8. The highest BCUT2D eigenvalue weighted by Gasteiger charge is 2.38. The van der Waals surface area contributed by atoms with E-state index in [1.165, 1.54) is 0 Å². The third kappa shape index (κ3) is 5.91. The van der Waals surface area contributed by atoms with Crippen LogP contribution in [0, 0.1) is 5.92 Å². The van der Waals surface area contributed by atoms with Crippen LogP contribution in [0.1, 0.15) is 67.2 Å². The maximum absolute atomic E-state index is 11.9. The summed E-state index contributed by atoms with van der Waals surface area (Å²) in [5, 5.41) is 20.5. The zero-order valence-corrected chi connectivity index (χ0v) is 13.2. The molecule has 4 atom stereocenters. The van der Waals surface area contributed by atoms with Crippen LogP contribution < -0.4 is 0 Å². The molecule has 0 aromatic rings. The number of hydrogen-bond donors (Lipinski definition) is 2. The van der Waals surface area contributed by atoms with E-state index in [1.54, 1.807) is 20.8 Å². The van der Waals surface area contributed by atoms with Crippen LogP contribution in [0.3, 0.4) is 0 Å². The molecule has 0 saturated heterocycles. The molecule has 0 bridgehead atoms. The first kappa shape index (κ1) is 18.4. The number of carbonyl (C=O) groups excluding carboxylic acids is 1. The van der Waals surface area contributed by atoms with Crippen LogP contribution in [-0.2, 0) is 9.53 Å². The van der Waals surface area contributed by atoms with Crippen LogP contribution >= 0.6 is 0 Å². The van der Waals surface area contributed by atoms with Gasteiger partial charge in [0.05, 0.1) is 17.1 Å². The van der Waals surface area contributed by atoms with Crippen molar-refractivity contribution in [2.24, 2.45) is 5.92 Å². The van der Waals surface area contributed by atoms with E-state index in [1.807, 2.05) is 20.8 Å². The third-order valence-electron chi connectivity index (χ3n) is 4.07. The molecule has 19 heavy (non-hydrogen) atoms. The second-order valence-electron chi connectivity index (χ2n) is 6.00. The summed E-state index contributed by atoms with van der Waals surface area (Å²) >= 11 is 0. The summed E-state index contributed by atoms with van der Waals surface area (Å²) in [6.45, 7) is 10.8. The van der Waals surface area contributed by atoms with Crippen molar-refractivity contribution in [3.8, 4) is 0 Å². The van der Waals surface area contributed by atoms with Crippen molar-refractivity contribution in [2.75, 3.05) is 0 Å². The molecule has 0 rings (SSSR count). The fraction of sp³-hybridized carbons (Fsp3) is 0.933. The van der Waals surface area contributed by atoms with Crippen molar-refractivity contribution in [1.82, 2.24) is 0 Å². The number of ether oxygens (including phenoxy) is 1. The van der Waals surface area contributed by atoms with E-state index in [0.717, 1.165) is 0 Å². The Morgan fingerprint density at radius 3 is 2.05 bits per heavy atom. The normalized spacial score (nSPS) is 21.1. The standard InChI is InChI=1S/C15H30O4/c1-7-11(4)13(16)19-12(15(6,18)9-3)10-14(5,17)8-2/h11-12,17-18H,7-10H2,1-6H3. The van der Waals surface area contributed by atoms with Crippen molar-refractivity contribution >= 4 is 5.97 Å². The lowest BCUT2D eigenvalue weighted by atomic mass is 9.85. The first-order valence-electron chi connectivity index (χ1n) is 7.24. The lowest BCUT2D eigenvalue weighted by Gasteiger charge is -2.36. The predicted molar refractivity (Wildman–Crippen MR) is 75.8 cm³/mol. The van der Waals surface area contributed by atoms with Gasteiger partial charge in [0, 0.05) is 6.42 Å². The molecule has 0 aromatic carbocycles. The quantitative estimate of drug-likeness (QED) is 0.668. The largest absolute Gasteiger partial charge is 0.459 e. The summed E-state index contributed by atoms with van der Waals surface area (Å²) in [5.41, 5.74) is -2.07. The molecular formula is C15H30O4. The van der Waals surface area contributed by atoms with Crippen molar-refractivity contribution in [3.05, 3.63) is 0 Å². The molecule has 0 aliphatic carbocycles. The molecule has 0 saturated carbocycles. The topological polar surface area (TPSA) is 66.8 Å². The minimum Gasteiger partial charge on any atom is -0.459 e. The Labute approximate surface area is 117 Å². The van der Waals surface area contributed by atoms with Gasteiger partial charge in [0.15, 0.2) is 0 Å². The Bertz CT molecular complexity index is 284.